The van der Waals surface area contributed by atoms with Gasteiger partial charge in [0.15, 0.2) is 5.76 Å². The number of furan rings is 1. The summed E-state index contributed by atoms with van der Waals surface area (Å²) in [5, 5.41) is 7.04. The van der Waals surface area contributed by atoms with Crippen LogP contribution in [-0.4, -0.2) is 43.0 Å². The van der Waals surface area contributed by atoms with Gasteiger partial charge in [-0.15, -0.1) is 0 Å². The van der Waals surface area contributed by atoms with Gasteiger partial charge < -0.3 is 20.0 Å². The zero-order valence-corrected chi connectivity index (χ0v) is 14.5. The monoisotopic (exact) mass is 338 g/mol. The zero-order chi connectivity index (χ0) is 17.6. The number of aromatic nitrogens is 1. The van der Waals surface area contributed by atoms with Gasteiger partial charge in [0.25, 0.3) is 5.91 Å². The number of pyridine rings is 1. The fourth-order valence-electron chi connectivity index (χ4n) is 2.67. The molecule has 0 saturated heterocycles. The zero-order valence-electron chi connectivity index (χ0n) is 14.5. The molecule has 3 rings (SSSR count). The highest BCUT2D eigenvalue weighted by molar-refractivity contribution is 5.99. The second-order valence-electron chi connectivity index (χ2n) is 6.04. The van der Waals surface area contributed by atoms with Crippen molar-refractivity contribution in [3.05, 3.63) is 60.0 Å². The van der Waals surface area contributed by atoms with Gasteiger partial charge in [-0.3, -0.25) is 4.79 Å². The Morgan fingerprint density at radius 1 is 1.12 bits per heavy atom. The van der Waals surface area contributed by atoms with Crippen molar-refractivity contribution in [2.45, 2.75) is 6.54 Å². The Morgan fingerprint density at radius 3 is 2.68 bits per heavy atom. The maximum absolute atomic E-state index is 12.6. The van der Waals surface area contributed by atoms with Crippen molar-refractivity contribution >= 4 is 22.7 Å². The summed E-state index contributed by atoms with van der Waals surface area (Å²) in [5.41, 5.74) is 1.65. The lowest BCUT2D eigenvalue weighted by Gasteiger charge is -2.10. The van der Waals surface area contributed by atoms with Crippen molar-refractivity contribution in [3.63, 3.8) is 0 Å². The Morgan fingerprint density at radius 2 is 1.92 bits per heavy atom. The summed E-state index contributed by atoms with van der Waals surface area (Å²) in [6, 6.07) is 13.4. The molecule has 2 heterocycles. The van der Waals surface area contributed by atoms with Gasteiger partial charge in [-0.05, 0) is 32.3 Å². The molecule has 130 valence electrons. The minimum atomic E-state index is -0.198. The first-order chi connectivity index (χ1) is 12.1. The number of anilines is 1. The number of nitrogens with zero attached hydrogens (tertiary/aromatic N) is 2. The highest BCUT2D eigenvalue weighted by atomic mass is 16.3. The van der Waals surface area contributed by atoms with Gasteiger partial charge in [0, 0.05) is 36.8 Å². The summed E-state index contributed by atoms with van der Waals surface area (Å²) in [5.74, 6) is 0.970. The molecule has 0 aliphatic rings. The molecule has 3 aromatic rings. The van der Waals surface area contributed by atoms with Crippen LogP contribution >= 0.6 is 0 Å². The molecular formula is C19H22N4O2. The number of hydrogen-bond acceptors (Lipinski definition) is 5. The van der Waals surface area contributed by atoms with Gasteiger partial charge in [-0.25, -0.2) is 4.98 Å². The number of carbonyl (C=O) groups is 1. The van der Waals surface area contributed by atoms with Gasteiger partial charge in [-0.1, -0.05) is 24.3 Å². The predicted octanol–water partition coefficient (Wildman–Crippen LogP) is 2.73. The topological polar surface area (TPSA) is 70.4 Å². The molecule has 6 nitrogen and oxygen atoms in total. The lowest BCUT2D eigenvalue weighted by atomic mass is 10.1. The molecule has 0 aliphatic heterocycles. The van der Waals surface area contributed by atoms with E-state index in [0.717, 1.165) is 22.4 Å². The molecule has 0 aliphatic carbocycles. The molecule has 0 atom stereocenters. The van der Waals surface area contributed by atoms with E-state index in [9.17, 15) is 4.79 Å². The average Bonchev–Trinajstić information content (AvgIpc) is 2.98. The Bertz CT molecular complexity index is 843. The van der Waals surface area contributed by atoms with Crippen LogP contribution in [0.15, 0.2) is 53.1 Å². The molecular weight excluding hydrogens is 316 g/mol. The van der Waals surface area contributed by atoms with E-state index in [1.807, 2.05) is 61.5 Å². The smallest absolute Gasteiger partial charge is 0.287 e. The average molecular weight is 338 g/mol. The maximum Gasteiger partial charge on any atom is 0.287 e. The molecule has 1 amide bonds. The summed E-state index contributed by atoms with van der Waals surface area (Å²) in [6.45, 7) is 1.71. The van der Waals surface area contributed by atoms with E-state index < -0.39 is 0 Å². The van der Waals surface area contributed by atoms with Gasteiger partial charge in [-0.2, -0.15) is 0 Å². The van der Waals surface area contributed by atoms with Crippen molar-refractivity contribution < 1.29 is 9.21 Å². The molecule has 0 saturated carbocycles. The summed E-state index contributed by atoms with van der Waals surface area (Å²) in [7, 11) is 3.94. The molecule has 0 radical (unpaired) electrons. The van der Waals surface area contributed by atoms with Crippen LogP contribution in [0.3, 0.4) is 0 Å². The fraction of sp³-hybridized carbons (Fsp3) is 0.263. The summed E-state index contributed by atoms with van der Waals surface area (Å²) in [4.78, 5) is 18.8. The third-order valence-corrected chi connectivity index (χ3v) is 3.76. The molecule has 0 bridgehead atoms. The molecule has 0 unspecified atom stereocenters. The van der Waals surface area contributed by atoms with Gasteiger partial charge in [0.2, 0.25) is 0 Å². The van der Waals surface area contributed by atoms with E-state index in [2.05, 4.69) is 15.6 Å². The summed E-state index contributed by atoms with van der Waals surface area (Å²) >= 11 is 0. The molecule has 2 N–H and O–H groups in total. The van der Waals surface area contributed by atoms with Crippen LogP contribution < -0.4 is 10.6 Å². The highest BCUT2D eigenvalue weighted by Crippen LogP contribution is 2.26. The van der Waals surface area contributed by atoms with Crippen molar-refractivity contribution in [1.29, 1.82) is 0 Å². The van der Waals surface area contributed by atoms with E-state index in [1.54, 1.807) is 6.20 Å². The standard InChI is InChI=1S/C19H22N4O2/c1-23(2)13-15-14-7-3-4-8-16(14)25-18(15)19(24)22-12-11-21-17-9-5-6-10-20-17/h3-10H,11-13H2,1-2H3,(H,20,21)(H,22,24). The van der Waals surface area contributed by atoms with Crippen LogP contribution in [0, 0.1) is 0 Å². The Hall–Kier alpha value is -2.86. The minimum absolute atomic E-state index is 0.198. The van der Waals surface area contributed by atoms with Crippen molar-refractivity contribution in [3.8, 4) is 0 Å². The maximum atomic E-state index is 12.6. The first kappa shape index (κ1) is 17.0. The molecule has 2 aromatic heterocycles. The third kappa shape index (κ3) is 4.16. The minimum Gasteiger partial charge on any atom is -0.451 e. The van der Waals surface area contributed by atoms with Crippen LogP contribution in [0.5, 0.6) is 0 Å². The van der Waals surface area contributed by atoms with Crippen LogP contribution in [0.1, 0.15) is 16.1 Å². The number of nitrogens with one attached hydrogen (secondary N) is 2. The Kier molecular flexibility index (Phi) is 5.30. The quantitative estimate of drug-likeness (QED) is 0.648. The van der Waals surface area contributed by atoms with Gasteiger partial charge in [0.05, 0.1) is 0 Å². The van der Waals surface area contributed by atoms with Crippen LogP contribution in [0.25, 0.3) is 11.0 Å². The third-order valence-electron chi connectivity index (χ3n) is 3.76. The molecule has 1 aromatic carbocycles. The number of para-hydroxylation sites is 1. The van der Waals surface area contributed by atoms with E-state index in [1.165, 1.54) is 0 Å². The Labute approximate surface area is 146 Å². The first-order valence-corrected chi connectivity index (χ1v) is 8.23. The SMILES string of the molecule is CN(C)Cc1c(C(=O)NCCNc2ccccn2)oc2ccccc12. The lowest BCUT2D eigenvalue weighted by molar-refractivity contribution is 0.0927. The van der Waals surface area contributed by atoms with E-state index in [4.69, 9.17) is 4.42 Å². The highest BCUT2D eigenvalue weighted by Gasteiger charge is 2.20. The molecule has 0 fully saturated rings. The number of amides is 1. The van der Waals surface area contributed by atoms with Gasteiger partial charge >= 0.3 is 0 Å². The van der Waals surface area contributed by atoms with Crippen LogP contribution in [0.2, 0.25) is 0 Å². The van der Waals surface area contributed by atoms with Crippen molar-refractivity contribution in [2.24, 2.45) is 0 Å². The van der Waals surface area contributed by atoms with E-state index >= 15 is 0 Å². The van der Waals surface area contributed by atoms with Crippen molar-refractivity contribution in [1.82, 2.24) is 15.2 Å². The normalized spacial score (nSPS) is 11.0. The summed E-state index contributed by atoms with van der Waals surface area (Å²) < 4.78 is 5.81. The number of carbonyl (C=O) groups excluding carboxylic acids is 1. The second kappa shape index (κ2) is 7.81. The largest absolute Gasteiger partial charge is 0.451 e. The number of fused-ring (bicyclic) bond motifs is 1. The molecule has 25 heavy (non-hydrogen) atoms. The second-order valence-corrected chi connectivity index (χ2v) is 6.04. The number of hydrogen-bond donors (Lipinski definition) is 2. The van der Waals surface area contributed by atoms with Gasteiger partial charge in [0.1, 0.15) is 11.4 Å². The van der Waals surface area contributed by atoms with Crippen LogP contribution in [0.4, 0.5) is 5.82 Å². The van der Waals surface area contributed by atoms with Crippen molar-refractivity contribution in [2.75, 3.05) is 32.5 Å². The predicted molar refractivity (Wildman–Crippen MR) is 98.7 cm³/mol. The number of rotatable bonds is 7. The Balaban J connectivity index is 1.67. The van der Waals surface area contributed by atoms with Crippen LogP contribution in [-0.2, 0) is 6.54 Å². The summed E-state index contributed by atoms with van der Waals surface area (Å²) in [6.07, 6.45) is 1.73. The fourth-order valence-corrected chi connectivity index (χ4v) is 2.67. The van der Waals surface area contributed by atoms with E-state index in [-0.39, 0.29) is 5.91 Å². The molecule has 0 spiro atoms. The van der Waals surface area contributed by atoms with E-state index in [0.29, 0.717) is 25.4 Å². The number of benzene rings is 1. The first-order valence-electron chi connectivity index (χ1n) is 8.23. The lowest BCUT2D eigenvalue weighted by Crippen LogP contribution is -2.29. The molecule has 6 heteroatoms.